The third-order valence-corrected chi connectivity index (χ3v) is 3.95. The minimum Gasteiger partial charge on any atom is -0.355 e. The Labute approximate surface area is 109 Å². The number of anilines is 1. The molecular formula is C14H22N4. The zero-order chi connectivity index (χ0) is 12.4. The van der Waals surface area contributed by atoms with Crippen LogP contribution in [0.15, 0.2) is 12.4 Å². The SMILES string of the molecule is CC1CCN(c2cnc(CNC3CC3)cn2)CC1. The highest BCUT2D eigenvalue weighted by Crippen LogP contribution is 2.21. The third-order valence-electron chi connectivity index (χ3n) is 3.95. The summed E-state index contributed by atoms with van der Waals surface area (Å²) in [6, 6.07) is 0.732. The van der Waals surface area contributed by atoms with Crippen molar-refractivity contribution in [2.45, 2.75) is 45.2 Å². The van der Waals surface area contributed by atoms with Gasteiger partial charge in [-0.1, -0.05) is 6.92 Å². The van der Waals surface area contributed by atoms with Gasteiger partial charge in [0.25, 0.3) is 0 Å². The Morgan fingerprint density at radius 2 is 1.94 bits per heavy atom. The molecule has 1 aromatic rings. The van der Waals surface area contributed by atoms with Crippen LogP contribution in [0, 0.1) is 5.92 Å². The molecule has 0 spiro atoms. The maximum absolute atomic E-state index is 4.55. The van der Waals surface area contributed by atoms with Crippen LogP contribution >= 0.6 is 0 Å². The minimum atomic E-state index is 0.732. The molecular weight excluding hydrogens is 224 g/mol. The van der Waals surface area contributed by atoms with Crippen molar-refractivity contribution in [1.29, 1.82) is 0 Å². The predicted octanol–water partition coefficient (Wildman–Crippen LogP) is 1.96. The van der Waals surface area contributed by atoms with Crippen LogP contribution < -0.4 is 10.2 Å². The smallest absolute Gasteiger partial charge is 0.147 e. The second-order valence-corrected chi connectivity index (χ2v) is 5.69. The molecule has 98 valence electrons. The topological polar surface area (TPSA) is 41.1 Å². The summed E-state index contributed by atoms with van der Waals surface area (Å²) < 4.78 is 0. The molecule has 1 aliphatic carbocycles. The first-order chi connectivity index (χ1) is 8.81. The van der Waals surface area contributed by atoms with Crippen molar-refractivity contribution in [2.24, 2.45) is 5.92 Å². The van der Waals surface area contributed by atoms with Gasteiger partial charge < -0.3 is 10.2 Å². The summed E-state index contributed by atoms with van der Waals surface area (Å²) in [7, 11) is 0. The highest BCUT2D eigenvalue weighted by atomic mass is 15.2. The van der Waals surface area contributed by atoms with Crippen LogP contribution in [-0.4, -0.2) is 29.1 Å². The van der Waals surface area contributed by atoms with Gasteiger partial charge in [0.15, 0.2) is 0 Å². The first kappa shape index (κ1) is 11.9. The molecule has 3 rings (SSSR count). The van der Waals surface area contributed by atoms with Gasteiger partial charge in [0, 0.05) is 25.7 Å². The fraction of sp³-hybridized carbons (Fsp3) is 0.714. The van der Waals surface area contributed by atoms with E-state index in [-0.39, 0.29) is 0 Å². The van der Waals surface area contributed by atoms with Crippen molar-refractivity contribution >= 4 is 5.82 Å². The van der Waals surface area contributed by atoms with Crippen LogP contribution in [0.25, 0.3) is 0 Å². The molecule has 0 radical (unpaired) electrons. The molecule has 4 nitrogen and oxygen atoms in total. The average molecular weight is 246 g/mol. The zero-order valence-corrected chi connectivity index (χ0v) is 11.1. The van der Waals surface area contributed by atoms with E-state index in [9.17, 15) is 0 Å². The zero-order valence-electron chi connectivity index (χ0n) is 11.1. The van der Waals surface area contributed by atoms with Crippen LogP contribution in [0.2, 0.25) is 0 Å². The van der Waals surface area contributed by atoms with Crippen LogP contribution in [0.1, 0.15) is 38.3 Å². The Balaban J connectivity index is 1.56. The normalized spacial score (nSPS) is 21.3. The maximum Gasteiger partial charge on any atom is 0.147 e. The molecule has 18 heavy (non-hydrogen) atoms. The van der Waals surface area contributed by atoms with Gasteiger partial charge >= 0.3 is 0 Å². The van der Waals surface area contributed by atoms with E-state index in [4.69, 9.17) is 0 Å². The predicted molar refractivity (Wildman–Crippen MR) is 72.5 cm³/mol. The molecule has 2 heterocycles. The third kappa shape index (κ3) is 2.99. The van der Waals surface area contributed by atoms with Gasteiger partial charge in [0.2, 0.25) is 0 Å². The number of nitrogens with one attached hydrogen (secondary N) is 1. The summed E-state index contributed by atoms with van der Waals surface area (Å²) in [5.41, 5.74) is 1.05. The molecule has 0 atom stereocenters. The van der Waals surface area contributed by atoms with Crippen molar-refractivity contribution in [3.63, 3.8) is 0 Å². The number of piperidine rings is 1. The van der Waals surface area contributed by atoms with Crippen LogP contribution in [0.4, 0.5) is 5.82 Å². The van der Waals surface area contributed by atoms with Crippen molar-refractivity contribution in [2.75, 3.05) is 18.0 Å². The quantitative estimate of drug-likeness (QED) is 0.882. The van der Waals surface area contributed by atoms with Crippen LogP contribution in [0.5, 0.6) is 0 Å². The molecule has 0 bridgehead atoms. The summed E-state index contributed by atoms with van der Waals surface area (Å²) in [4.78, 5) is 11.4. The molecule has 1 aromatic heterocycles. The molecule has 1 aliphatic heterocycles. The van der Waals surface area contributed by atoms with Gasteiger partial charge in [-0.3, -0.25) is 4.98 Å². The fourth-order valence-corrected chi connectivity index (χ4v) is 2.38. The molecule has 1 N–H and O–H groups in total. The standard InChI is InChI=1S/C14H22N4/c1-11-4-6-18(7-5-11)14-10-16-13(9-17-14)8-15-12-2-3-12/h9-12,15H,2-8H2,1H3. The number of nitrogens with zero attached hydrogens (tertiary/aromatic N) is 3. The fourth-order valence-electron chi connectivity index (χ4n) is 2.38. The summed E-state index contributed by atoms with van der Waals surface area (Å²) in [6.45, 7) is 5.43. The lowest BCUT2D eigenvalue weighted by Gasteiger charge is -2.30. The number of rotatable bonds is 4. The maximum atomic E-state index is 4.55. The summed E-state index contributed by atoms with van der Waals surface area (Å²) in [5.74, 6) is 1.90. The van der Waals surface area contributed by atoms with E-state index in [0.717, 1.165) is 43.1 Å². The Morgan fingerprint density at radius 1 is 1.17 bits per heavy atom. The minimum absolute atomic E-state index is 0.732. The molecule has 4 heteroatoms. The van der Waals surface area contributed by atoms with E-state index < -0.39 is 0 Å². The van der Waals surface area contributed by atoms with Gasteiger partial charge in [-0.05, 0) is 31.6 Å². The number of hydrogen-bond donors (Lipinski definition) is 1. The summed E-state index contributed by atoms with van der Waals surface area (Å²) >= 11 is 0. The molecule has 0 unspecified atom stereocenters. The molecule has 2 aliphatic rings. The monoisotopic (exact) mass is 246 g/mol. The molecule has 0 aromatic carbocycles. The van der Waals surface area contributed by atoms with E-state index in [2.05, 4.69) is 27.1 Å². The molecule has 1 saturated heterocycles. The van der Waals surface area contributed by atoms with Gasteiger partial charge in [-0.25, -0.2) is 4.98 Å². The van der Waals surface area contributed by atoms with Crippen molar-refractivity contribution in [3.8, 4) is 0 Å². The van der Waals surface area contributed by atoms with Crippen molar-refractivity contribution in [1.82, 2.24) is 15.3 Å². The molecule has 0 amide bonds. The highest BCUT2D eigenvalue weighted by molar-refractivity contribution is 5.36. The summed E-state index contributed by atoms with van der Waals surface area (Å²) in [5, 5.41) is 3.46. The lowest BCUT2D eigenvalue weighted by atomic mass is 9.99. The molecule has 1 saturated carbocycles. The van der Waals surface area contributed by atoms with Crippen molar-refractivity contribution < 1.29 is 0 Å². The van der Waals surface area contributed by atoms with E-state index in [1.54, 1.807) is 0 Å². The Hall–Kier alpha value is -1.16. The van der Waals surface area contributed by atoms with Crippen LogP contribution in [-0.2, 0) is 6.54 Å². The lowest BCUT2D eigenvalue weighted by Crippen LogP contribution is -2.33. The van der Waals surface area contributed by atoms with E-state index in [1.807, 2.05) is 12.4 Å². The van der Waals surface area contributed by atoms with E-state index >= 15 is 0 Å². The van der Waals surface area contributed by atoms with Gasteiger partial charge in [0.05, 0.1) is 18.1 Å². The van der Waals surface area contributed by atoms with Crippen LogP contribution in [0.3, 0.4) is 0 Å². The van der Waals surface area contributed by atoms with Gasteiger partial charge in [-0.15, -0.1) is 0 Å². The first-order valence-corrected chi connectivity index (χ1v) is 7.10. The van der Waals surface area contributed by atoms with Crippen molar-refractivity contribution in [3.05, 3.63) is 18.1 Å². The number of aromatic nitrogens is 2. The summed E-state index contributed by atoms with van der Waals surface area (Å²) in [6.07, 6.45) is 9.02. The Morgan fingerprint density at radius 3 is 2.56 bits per heavy atom. The lowest BCUT2D eigenvalue weighted by molar-refractivity contribution is 0.436. The largest absolute Gasteiger partial charge is 0.355 e. The molecule has 2 fully saturated rings. The Bertz CT molecular complexity index is 377. The average Bonchev–Trinajstić information content (AvgIpc) is 3.22. The second kappa shape index (κ2) is 5.22. The Kier molecular flexibility index (Phi) is 3.46. The van der Waals surface area contributed by atoms with E-state index in [1.165, 1.54) is 25.7 Å². The number of hydrogen-bond acceptors (Lipinski definition) is 4. The van der Waals surface area contributed by atoms with Gasteiger partial charge in [0.1, 0.15) is 5.82 Å². The second-order valence-electron chi connectivity index (χ2n) is 5.69. The van der Waals surface area contributed by atoms with E-state index in [0.29, 0.717) is 0 Å². The first-order valence-electron chi connectivity index (χ1n) is 7.10. The highest BCUT2D eigenvalue weighted by Gasteiger charge is 2.20. The van der Waals surface area contributed by atoms with Gasteiger partial charge in [-0.2, -0.15) is 0 Å².